The van der Waals surface area contributed by atoms with Gasteiger partial charge in [-0.25, -0.2) is 4.79 Å². The number of esters is 1. The summed E-state index contributed by atoms with van der Waals surface area (Å²) in [4.78, 5) is 52.7. The minimum Gasteiger partial charge on any atom is -0.452 e. The van der Waals surface area contributed by atoms with Gasteiger partial charge in [-0.2, -0.15) is 13.2 Å². The zero-order valence-corrected chi connectivity index (χ0v) is 22.2. The van der Waals surface area contributed by atoms with E-state index in [9.17, 15) is 32.3 Å². The van der Waals surface area contributed by atoms with Gasteiger partial charge in [-0.1, -0.05) is 48.0 Å². The van der Waals surface area contributed by atoms with Crippen LogP contribution < -0.4 is 10.2 Å². The number of nitrogens with one attached hydrogen (secondary N) is 1. The fraction of sp³-hybridized carbons (Fsp3) is 0.267. The average molecular weight is 585 g/mol. The van der Waals surface area contributed by atoms with Crippen LogP contribution in [0.5, 0.6) is 0 Å². The van der Waals surface area contributed by atoms with Crippen molar-refractivity contribution in [2.75, 3.05) is 16.8 Å². The molecule has 0 aromatic heterocycles. The predicted molar refractivity (Wildman–Crippen MR) is 144 cm³/mol. The number of carbonyl (C=O) groups is 4. The molecule has 1 saturated heterocycles. The number of hydrogen-bond acceptors (Lipinski definition) is 5. The van der Waals surface area contributed by atoms with E-state index < -0.39 is 42.1 Å². The summed E-state index contributed by atoms with van der Waals surface area (Å²) in [6.07, 6.45) is -2.71. The van der Waals surface area contributed by atoms with E-state index in [1.165, 1.54) is 18.2 Å². The van der Waals surface area contributed by atoms with Crippen LogP contribution >= 0.6 is 11.6 Å². The lowest BCUT2D eigenvalue weighted by atomic mass is 9.73. The number of amides is 3. The van der Waals surface area contributed by atoms with Crippen molar-refractivity contribution >= 4 is 46.7 Å². The zero-order chi connectivity index (χ0) is 29.3. The third-order valence-electron chi connectivity index (χ3n) is 7.44. The molecule has 1 saturated carbocycles. The molecule has 1 heterocycles. The van der Waals surface area contributed by atoms with Crippen LogP contribution in [0.25, 0.3) is 0 Å². The fourth-order valence-electron chi connectivity index (χ4n) is 5.43. The highest BCUT2D eigenvalue weighted by Gasteiger charge is 2.50. The summed E-state index contributed by atoms with van der Waals surface area (Å²) >= 11 is 5.89. The molecule has 7 nitrogen and oxygen atoms in total. The van der Waals surface area contributed by atoms with Gasteiger partial charge >= 0.3 is 12.1 Å². The number of fused-ring (bicyclic) bond motifs is 1. The van der Waals surface area contributed by atoms with E-state index in [-0.39, 0.29) is 39.7 Å². The molecule has 5 rings (SSSR count). The number of anilines is 2. The van der Waals surface area contributed by atoms with Crippen LogP contribution in [0.4, 0.5) is 24.5 Å². The summed E-state index contributed by atoms with van der Waals surface area (Å²) < 4.78 is 43.9. The number of benzene rings is 3. The SMILES string of the molecule is O=C(COC(=O)c1cccc(N2C(=O)[C@H]3C[C@H](c4ccccc4)CC[C@H]3C2=O)c1)Nc1cc(C(F)(F)F)ccc1Cl. The van der Waals surface area contributed by atoms with Crippen molar-refractivity contribution < 1.29 is 37.1 Å². The molecule has 41 heavy (non-hydrogen) atoms. The van der Waals surface area contributed by atoms with Crippen LogP contribution in [0, 0.1) is 11.8 Å². The second-order valence-corrected chi connectivity index (χ2v) is 10.4. The first-order valence-corrected chi connectivity index (χ1v) is 13.3. The molecule has 2 fully saturated rings. The van der Waals surface area contributed by atoms with E-state index in [1.54, 1.807) is 6.07 Å². The van der Waals surface area contributed by atoms with E-state index in [1.807, 2.05) is 30.3 Å². The van der Waals surface area contributed by atoms with Gasteiger partial charge in [0.05, 0.1) is 39.4 Å². The topological polar surface area (TPSA) is 92.8 Å². The zero-order valence-electron chi connectivity index (χ0n) is 21.5. The number of nitrogens with zero attached hydrogens (tertiary/aromatic N) is 1. The highest BCUT2D eigenvalue weighted by atomic mass is 35.5. The molecule has 1 aliphatic heterocycles. The van der Waals surface area contributed by atoms with Crippen LogP contribution in [0.2, 0.25) is 5.02 Å². The Morgan fingerprint density at radius 3 is 2.39 bits per heavy atom. The second-order valence-electron chi connectivity index (χ2n) is 10.0. The van der Waals surface area contributed by atoms with Gasteiger partial charge in [0, 0.05) is 0 Å². The standard InChI is InChI=1S/C30H24ClF3N2O5/c31-24-12-10-20(30(32,33)34)15-25(24)35-26(37)16-41-29(40)19-7-4-8-21(13-19)36-27(38)22-11-9-18(14-23(22)28(36)39)17-5-2-1-3-6-17/h1-8,10,12-13,15,18,22-23H,9,11,14,16H2,(H,35,37)/t18-,22-,23+/m1/s1. The van der Waals surface area contributed by atoms with Crippen LogP contribution in [0.1, 0.15) is 46.7 Å². The van der Waals surface area contributed by atoms with Gasteiger partial charge in [-0.05, 0) is 67.1 Å². The van der Waals surface area contributed by atoms with Gasteiger partial charge in [0.2, 0.25) is 11.8 Å². The van der Waals surface area contributed by atoms with Gasteiger partial charge in [0.1, 0.15) is 0 Å². The minimum atomic E-state index is -4.64. The van der Waals surface area contributed by atoms with E-state index in [0.717, 1.165) is 29.0 Å². The summed E-state index contributed by atoms with van der Waals surface area (Å²) in [6.45, 7) is -0.803. The molecular weight excluding hydrogens is 561 g/mol. The monoisotopic (exact) mass is 584 g/mol. The lowest BCUT2D eigenvalue weighted by Gasteiger charge is -2.28. The molecule has 3 amide bonds. The Kier molecular flexibility index (Phi) is 7.86. The number of rotatable bonds is 6. The smallest absolute Gasteiger partial charge is 0.416 e. The highest BCUT2D eigenvalue weighted by molar-refractivity contribution is 6.33. The van der Waals surface area contributed by atoms with Crippen molar-refractivity contribution in [3.05, 3.63) is 94.5 Å². The summed E-state index contributed by atoms with van der Waals surface area (Å²) in [6, 6.07) is 18.1. The van der Waals surface area contributed by atoms with Crippen LogP contribution in [-0.4, -0.2) is 30.3 Å². The molecule has 0 spiro atoms. The Labute approximate surface area is 238 Å². The van der Waals surface area contributed by atoms with Crippen molar-refractivity contribution in [1.82, 2.24) is 0 Å². The van der Waals surface area contributed by atoms with Gasteiger partial charge in [0.15, 0.2) is 6.61 Å². The Morgan fingerprint density at radius 1 is 0.927 bits per heavy atom. The summed E-state index contributed by atoms with van der Waals surface area (Å²) in [7, 11) is 0. The van der Waals surface area contributed by atoms with Crippen molar-refractivity contribution in [3.63, 3.8) is 0 Å². The van der Waals surface area contributed by atoms with E-state index in [0.29, 0.717) is 18.9 Å². The molecule has 1 N–H and O–H groups in total. The first-order chi connectivity index (χ1) is 19.5. The van der Waals surface area contributed by atoms with Crippen molar-refractivity contribution in [1.29, 1.82) is 0 Å². The maximum atomic E-state index is 13.4. The molecule has 11 heteroatoms. The maximum Gasteiger partial charge on any atom is 0.416 e. The normalized spacial score (nSPS) is 20.5. The number of imide groups is 1. The highest BCUT2D eigenvalue weighted by Crippen LogP contribution is 2.45. The lowest BCUT2D eigenvalue weighted by molar-refractivity contribution is -0.137. The van der Waals surface area contributed by atoms with E-state index in [2.05, 4.69) is 5.32 Å². The molecule has 0 radical (unpaired) electrons. The fourth-order valence-corrected chi connectivity index (χ4v) is 5.60. The number of carbonyl (C=O) groups excluding carboxylic acids is 4. The number of halogens is 4. The van der Waals surface area contributed by atoms with Crippen LogP contribution in [-0.2, 0) is 25.3 Å². The average Bonchev–Trinajstić information content (AvgIpc) is 3.21. The quantitative estimate of drug-likeness (QED) is 0.274. The molecule has 0 bridgehead atoms. The van der Waals surface area contributed by atoms with E-state index >= 15 is 0 Å². The third-order valence-corrected chi connectivity index (χ3v) is 7.77. The molecular formula is C30H24ClF3N2O5. The van der Waals surface area contributed by atoms with Crippen molar-refractivity contribution in [2.45, 2.75) is 31.4 Å². The largest absolute Gasteiger partial charge is 0.452 e. The van der Waals surface area contributed by atoms with Crippen LogP contribution in [0.15, 0.2) is 72.8 Å². The number of hydrogen-bond donors (Lipinski definition) is 1. The molecule has 3 aromatic carbocycles. The minimum absolute atomic E-state index is 0.00923. The second kappa shape index (κ2) is 11.4. The maximum absolute atomic E-state index is 13.4. The number of alkyl halides is 3. The van der Waals surface area contributed by atoms with E-state index in [4.69, 9.17) is 16.3 Å². The summed E-state index contributed by atoms with van der Waals surface area (Å²) in [5.41, 5.74) is 0.0538. The van der Waals surface area contributed by atoms with Gasteiger partial charge < -0.3 is 10.1 Å². The molecule has 0 unspecified atom stereocenters. The summed E-state index contributed by atoms with van der Waals surface area (Å²) in [5, 5.41) is 2.07. The first kappa shape index (κ1) is 28.4. The van der Waals surface area contributed by atoms with Crippen molar-refractivity contribution in [2.24, 2.45) is 11.8 Å². The first-order valence-electron chi connectivity index (χ1n) is 12.9. The van der Waals surface area contributed by atoms with Gasteiger partial charge in [-0.3, -0.25) is 19.3 Å². The molecule has 212 valence electrons. The Balaban J connectivity index is 1.23. The molecule has 3 atom stereocenters. The molecule has 3 aromatic rings. The Bertz CT molecular complexity index is 1510. The Morgan fingerprint density at radius 2 is 1.66 bits per heavy atom. The third kappa shape index (κ3) is 5.97. The summed E-state index contributed by atoms with van der Waals surface area (Å²) in [5.74, 6) is -3.16. The molecule has 2 aliphatic rings. The molecule has 1 aliphatic carbocycles. The van der Waals surface area contributed by atoms with Crippen LogP contribution in [0.3, 0.4) is 0 Å². The number of ether oxygens (including phenoxy) is 1. The van der Waals surface area contributed by atoms with Gasteiger partial charge in [-0.15, -0.1) is 0 Å². The predicted octanol–water partition coefficient (Wildman–Crippen LogP) is 6.23. The lowest BCUT2D eigenvalue weighted by Crippen LogP contribution is -2.31. The Hall–Kier alpha value is -4.18. The van der Waals surface area contributed by atoms with Gasteiger partial charge in [0.25, 0.3) is 5.91 Å². The van der Waals surface area contributed by atoms with Crippen molar-refractivity contribution in [3.8, 4) is 0 Å².